The van der Waals surface area contributed by atoms with Crippen molar-refractivity contribution in [2.45, 2.75) is 32.6 Å². The number of hydrogen-bond donors (Lipinski definition) is 1. The highest BCUT2D eigenvalue weighted by molar-refractivity contribution is 7.14. The minimum absolute atomic E-state index is 0.154. The molecule has 1 N–H and O–H groups in total. The topological polar surface area (TPSA) is 117 Å². The third-order valence-corrected chi connectivity index (χ3v) is 6.08. The van der Waals surface area contributed by atoms with Crippen molar-refractivity contribution in [1.29, 1.82) is 0 Å². The minimum Gasteiger partial charge on any atom is -0.865 e. The van der Waals surface area contributed by atoms with Crippen molar-refractivity contribution in [1.82, 2.24) is 5.43 Å². The SMILES string of the molecule is CC[C@@H]1CCc2sc(C(=O)N/N=C\c3cc(OC)c([O-])c([N+](=O)[O-])c3)cc2C1. The highest BCUT2D eigenvalue weighted by atomic mass is 32.1. The Bertz CT molecular complexity index is 938. The molecule has 0 saturated carbocycles. The number of carbonyl (C=O) groups excluding carboxylic acids is 1. The molecule has 28 heavy (non-hydrogen) atoms. The number of ether oxygens (including phenoxy) is 1. The maximum atomic E-state index is 12.4. The van der Waals surface area contributed by atoms with Crippen LogP contribution < -0.4 is 15.3 Å². The molecule has 1 heterocycles. The number of nitrogens with one attached hydrogen (secondary N) is 1. The Labute approximate surface area is 166 Å². The summed E-state index contributed by atoms with van der Waals surface area (Å²) in [5.74, 6) is -0.613. The van der Waals surface area contributed by atoms with Crippen LogP contribution in [0, 0.1) is 16.0 Å². The molecule has 1 aliphatic carbocycles. The highest BCUT2D eigenvalue weighted by Gasteiger charge is 2.22. The second-order valence-corrected chi connectivity index (χ2v) is 7.74. The summed E-state index contributed by atoms with van der Waals surface area (Å²) in [5, 5.41) is 26.7. The first-order valence-electron chi connectivity index (χ1n) is 8.91. The van der Waals surface area contributed by atoms with Crippen LogP contribution in [0.5, 0.6) is 11.5 Å². The zero-order chi connectivity index (χ0) is 20.3. The molecular weight excluding hydrogens is 382 g/mol. The maximum absolute atomic E-state index is 12.4. The predicted octanol–water partition coefficient (Wildman–Crippen LogP) is 3.02. The number of nitro benzene ring substituents is 1. The molecule has 3 rings (SSSR count). The molecule has 2 aromatic rings. The zero-order valence-electron chi connectivity index (χ0n) is 15.6. The van der Waals surface area contributed by atoms with Gasteiger partial charge in [0.05, 0.1) is 23.1 Å². The quantitative estimate of drug-likeness (QED) is 0.453. The Morgan fingerprint density at radius 3 is 2.93 bits per heavy atom. The minimum atomic E-state index is -0.803. The molecule has 0 radical (unpaired) electrons. The summed E-state index contributed by atoms with van der Waals surface area (Å²) in [6.07, 6.45) is 5.54. The summed E-state index contributed by atoms with van der Waals surface area (Å²) < 4.78 is 4.87. The fraction of sp³-hybridized carbons (Fsp3) is 0.368. The van der Waals surface area contributed by atoms with E-state index in [0.717, 1.165) is 31.7 Å². The van der Waals surface area contributed by atoms with Gasteiger partial charge in [-0.3, -0.25) is 14.9 Å². The normalized spacial score (nSPS) is 16.0. The number of rotatable bonds is 6. The molecular formula is C19H20N3O5S-. The standard InChI is InChI=1S/C19H21N3O5S/c1-3-11-4-5-16-13(6-11)9-17(28-16)19(24)21-20-10-12-7-14(22(25)26)18(23)15(8-12)27-2/h7-11,23H,3-6H2,1-2H3,(H,21,24)/p-1/b20-10-/t11-/m1/s1. The summed E-state index contributed by atoms with van der Waals surface area (Å²) in [6, 6.07) is 4.35. The fourth-order valence-corrected chi connectivity index (χ4v) is 4.35. The molecule has 1 amide bonds. The number of nitrogens with zero attached hydrogens (tertiary/aromatic N) is 2. The van der Waals surface area contributed by atoms with Crippen molar-refractivity contribution in [3.8, 4) is 11.5 Å². The highest BCUT2D eigenvalue weighted by Crippen LogP contribution is 2.34. The number of hydrazone groups is 1. The van der Waals surface area contributed by atoms with E-state index in [1.165, 1.54) is 41.2 Å². The lowest BCUT2D eigenvalue weighted by Gasteiger charge is -2.19. The Morgan fingerprint density at radius 1 is 1.46 bits per heavy atom. The number of fused-ring (bicyclic) bond motifs is 1. The van der Waals surface area contributed by atoms with Gasteiger partial charge in [0, 0.05) is 22.3 Å². The molecule has 0 aliphatic heterocycles. The lowest BCUT2D eigenvalue weighted by atomic mass is 9.87. The second-order valence-electron chi connectivity index (χ2n) is 6.60. The Balaban J connectivity index is 1.71. The molecule has 0 saturated heterocycles. The van der Waals surface area contributed by atoms with Gasteiger partial charge in [-0.25, -0.2) is 5.43 Å². The maximum Gasteiger partial charge on any atom is 0.281 e. The number of carbonyl (C=O) groups is 1. The van der Waals surface area contributed by atoms with Gasteiger partial charge in [0.2, 0.25) is 0 Å². The summed E-state index contributed by atoms with van der Waals surface area (Å²) in [5.41, 5.74) is 3.34. The molecule has 1 aromatic heterocycles. The van der Waals surface area contributed by atoms with Crippen LogP contribution in [0.4, 0.5) is 5.69 Å². The Hall–Kier alpha value is -2.94. The zero-order valence-corrected chi connectivity index (χ0v) is 16.4. The van der Waals surface area contributed by atoms with Crippen molar-refractivity contribution in [3.05, 3.63) is 49.2 Å². The smallest absolute Gasteiger partial charge is 0.281 e. The average molecular weight is 402 g/mol. The lowest BCUT2D eigenvalue weighted by Crippen LogP contribution is -2.16. The molecule has 1 atom stereocenters. The van der Waals surface area contributed by atoms with Crippen LogP contribution in [0.25, 0.3) is 0 Å². The molecule has 0 spiro atoms. The molecule has 8 nitrogen and oxygen atoms in total. The van der Waals surface area contributed by atoms with Crippen LogP contribution in [0.3, 0.4) is 0 Å². The first kappa shape index (κ1) is 19.8. The van der Waals surface area contributed by atoms with E-state index in [1.54, 1.807) is 0 Å². The van der Waals surface area contributed by atoms with Crippen LogP contribution >= 0.6 is 11.3 Å². The first-order valence-corrected chi connectivity index (χ1v) is 9.73. The third kappa shape index (κ3) is 4.14. The number of methoxy groups -OCH3 is 1. The van der Waals surface area contributed by atoms with Crippen molar-refractivity contribution < 1.29 is 19.6 Å². The molecule has 1 aromatic carbocycles. The van der Waals surface area contributed by atoms with Crippen LogP contribution in [-0.2, 0) is 12.8 Å². The second kappa shape index (κ2) is 8.39. The number of aryl methyl sites for hydroxylation is 1. The fourth-order valence-electron chi connectivity index (χ4n) is 3.25. The predicted molar refractivity (Wildman–Crippen MR) is 104 cm³/mol. The van der Waals surface area contributed by atoms with Crippen LogP contribution in [-0.4, -0.2) is 24.2 Å². The van der Waals surface area contributed by atoms with Gasteiger partial charge in [0.15, 0.2) is 0 Å². The van der Waals surface area contributed by atoms with Gasteiger partial charge in [-0.15, -0.1) is 11.3 Å². The summed E-state index contributed by atoms with van der Waals surface area (Å²) in [4.78, 5) is 24.4. The van der Waals surface area contributed by atoms with Crippen LogP contribution in [0.15, 0.2) is 23.3 Å². The van der Waals surface area contributed by atoms with Crippen molar-refractivity contribution in [2.75, 3.05) is 7.11 Å². The molecule has 9 heteroatoms. The Morgan fingerprint density at radius 2 is 2.25 bits per heavy atom. The van der Waals surface area contributed by atoms with Gasteiger partial charge < -0.3 is 9.84 Å². The largest absolute Gasteiger partial charge is 0.865 e. The van der Waals surface area contributed by atoms with Gasteiger partial charge in [-0.05, 0) is 42.9 Å². The lowest BCUT2D eigenvalue weighted by molar-refractivity contribution is -0.398. The number of nitro groups is 1. The van der Waals surface area contributed by atoms with Gasteiger partial charge in [-0.1, -0.05) is 13.3 Å². The number of thiophene rings is 1. The molecule has 0 fully saturated rings. The van der Waals surface area contributed by atoms with Gasteiger partial charge >= 0.3 is 0 Å². The summed E-state index contributed by atoms with van der Waals surface area (Å²) in [7, 11) is 1.25. The average Bonchev–Trinajstić information content (AvgIpc) is 3.11. The van der Waals surface area contributed by atoms with Gasteiger partial charge in [0.25, 0.3) is 11.6 Å². The van der Waals surface area contributed by atoms with E-state index in [4.69, 9.17) is 4.74 Å². The summed E-state index contributed by atoms with van der Waals surface area (Å²) in [6.45, 7) is 2.18. The van der Waals surface area contributed by atoms with Crippen molar-refractivity contribution in [3.63, 3.8) is 0 Å². The van der Waals surface area contributed by atoms with E-state index in [1.807, 2.05) is 6.07 Å². The monoisotopic (exact) mass is 402 g/mol. The molecule has 0 unspecified atom stereocenters. The number of hydrogen-bond acceptors (Lipinski definition) is 7. The van der Waals surface area contributed by atoms with E-state index in [0.29, 0.717) is 10.8 Å². The van der Waals surface area contributed by atoms with E-state index in [9.17, 15) is 20.0 Å². The van der Waals surface area contributed by atoms with E-state index < -0.39 is 16.4 Å². The van der Waals surface area contributed by atoms with E-state index in [-0.39, 0.29) is 17.2 Å². The summed E-state index contributed by atoms with van der Waals surface area (Å²) >= 11 is 1.48. The Kier molecular flexibility index (Phi) is 5.93. The molecule has 148 valence electrons. The molecule has 0 bridgehead atoms. The number of benzene rings is 1. The van der Waals surface area contributed by atoms with Gasteiger partial charge in [0.1, 0.15) is 5.75 Å². The third-order valence-electron chi connectivity index (χ3n) is 4.84. The van der Waals surface area contributed by atoms with Crippen molar-refractivity contribution >= 4 is 29.1 Å². The number of amides is 1. The van der Waals surface area contributed by atoms with Crippen molar-refractivity contribution in [2.24, 2.45) is 11.0 Å². The molecule has 1 aliphatic rings. The van der Waals surface area contributed by atoms with Crippen LogP contribution in [0.1, 0.15) is 45.4 Å². The van der Waals surface area contributed by atoms with Crippen LogP contribution in [0.2, 0.25) is 0 Å². The van der Waals surface area contributed by atoms with E-state index in [2.05, 4.69) is 17.5 Å². The first-order chi connectivity index (χ1) is 13.4. The van der Waals surface area contributed by atoms with Gasteiger partial charge in [-0.2, -0.15) is 5.10 Å². The van der Waals surface area contributed by atoms with E-state index >= 15 is 0 Å².